The van der Waals surface area contributed by atoms with E-state index in [1.165, 1.54) is 18.4 Å². The van der Waals surface area contributed by atoms with Gasteiger partial charge in [0.05, 0.1) is 34.4 Å². The third-order valence-corrected chi connectivity index (χ3v) is 7.77. The van der Waals surface area contributed by atoms with Crippen LogP contribution in [0, 0.1) is 5.82 Å². The van der Waals surface area contributed by atoms with E-state index in [4.69, 9.17) is 4.98 Å². The number of nitrogens with one attached hydrogen (secondary N) is 2. The predicted octanol–water partition coefficient (Wildman–Crippen LogP) is 5.02. The number of benzene rings is 1. The Labute approximate surface area is 236 Å². The smallest absolute Gasteiger partial charge is 0.147 e. The number of aryl methyl sites for hydroxylation is 1. The van der Waals surface area contributed by atoms with Crippen molar-refractivity contribution in [3.63, 3.8) is 0 Å². The van der Waals surface area contributed by atoms with Gasteiger partial charge in [-0.25, -0.2) is 17.8 Å². The average molecular weight is 570 g/mol. The summed E-state index contributed by atoms with van der Waals surface area (Å²) in [6.07, 6.45) is 8.45. The molecular weight excluding hydrogens is 541 g/mol. The normalized spacial score (nSPS) is 12.1. The average Bonchev–Trinajstić information content (AvgIpc) is 3.54. The van der Waals surface area contributed by atoms with Gasteiger partial charge in [0.25, 0.3) is 0 Å². The van der Waals surface area contributed by atoms with Gasteiger partial charge in [-0.15, -0.1) is 0 Å². The second kappa shape index (κ2) is 10.5. The third kappa shape index (κ3) is 5.72. The van der Waals surface area contributed by atoms with E-state index in [-0.39, 0.29) is 12.2 Å². The van der Waals surface area contributed by atoms with Crippen LogP contribution in [0.4, 0.5) is 4.39 Å². The predicted molar refractivity (Wildman–Crippen MR) is 158 cm³/mol. The molecule has 1 aromatic carbocycles. The number of rotatable bonds is 8. The first kappa shape index (κ1) is 26.7. The molecular formula is C30H28FN7O2S. The molecule has 0 fully saturated rings. The van der Waals surface area contributed by atoms with Gasteiger partial charge in [-0.05, 0) is 73.6 Å². The summed E-state index contributed by atoms with van der Waals surface area (Å²) >= 11 is 0. The SMILES string of the molecule is CN(C)Cc1cncc(-c2ccc3[nH]nc(-c4cc5c(-c6cc(F)cc(CCS(C)(=O)=O)c6)cncc5[nH]4)c3n2)c1. The van der Waals surface area contributed by atoms with Crippen LogP contribution in [0.15, 0.2) is 67.3 Å². The molecule has 6 rings (SSSR count). The number of hydrogen-bond donors (Lipinski definition) is 2. The van der Waals surface area contributed by atoms with E-state index in [1.54, 1.807) is 18.6 Å². The fourth-order valence-electron chi connectivity index (χ4n) is 4.99. The lowest BCUT2D eigenvalue weighted by molar-refractivity contribution is 0.402. The van der Waals surface area contributed by atoms with Crippen molar-refractivity contribution in [3.05, 3.63) is 84.2 Å². The van der Waals surface area contributed by atoms with Crippen LogP contribution in [0.25, 0.3) is 55.7 Å². The number of hydrogen-bond acceptors (Lipinski definition) is 7. The van der Waals surface area contributed by atoms with E-state index in [2.05, 4.69) is 36.1 Å². The Hall–Kier alpha value is -4.48. The van der Waals surface area contributed by atoms with Crippen molar-refractivity contribution < 1.29 is 12.8 Å². The van der Waals surface area contributed by atoms with Gasteiger partial charge in [0.15, 0.2) is 0 Å². The van der Waals surface area contributed by atoms with E-state index in [0.717, 1.165) is 51.0 Å². The lowest BCUT2D eigenvalue weighted by atomic mass is 10.0. The van der Waals surface area contributed by atoms with Gasteiger partial charge in [0.1, 0.15) is 26.9 Å². The van der Waals surface area contributed by atoms with E-state index in [1.807, 2.05) is 44.6 Å². The number of pyridine rings is 3. The van der Waals surface area contributed by atoms with Crippen LogP contribution in [0.3, 0.4) is 0 Å². The minimum absolute atomic E-state index is 0.0517. The number of H-pyrrole nitrogens is 2. The second-order valence-corrected chi connectivity index (χ2v) is 12.8. The van der Waals surface area contributed by atoms with E-state index >= 15 is 0 Å². The van der Waals surface area contributed by atoms with Crippen molar-refractivity contribution >= 4 is 31.8 Å². The van der Waals surface area contributed by atoms with Gasteiger partial charge in [0, 0.05) is 47.9 Å². The first-order chi connectivity index (χ1) is 19.6. The molecule has 0 amide bonds. The second-order valence-electron chi connectivity index (χ2n) is 10.5. The maximum absolute atomic E-state index is 14.6. The number of aromatic nitrogens is 6. The van der Waals surface area contributed by atoms with Crippen molar-refractivity contribution in [3.8, 4) is 33.8 Å². The highest BCUT2D eigenvalue weighted by Crippen LogP contribution is 2.34. The summed E-state index contributed by atoms with van der Waals surface area (Å²) in [5, 5.41) is 8.45. The third-order valence-electron chi connectivity index (χ3n) is 6.83. The van der Waals surface area contributed by atoms with Crippen LogP contribution in [0.2, 0.25) is 0 Å². The number of sulfone groups is 1. The molecule has 0 unspecified atom stereocenters. The molecule has 0 spiro atoms. The number of nitrogens with zero attached hydrogens (tertiary/aromatic N) is 5. The fourth-order valence-corrected chi connectivity index (χ4v) is 5.60. The largest absolute Gasteiger partial charge is 0.352 e. The minimum atomic E-state index is -3.18. The summed E-state index contributed by atoms with van der Waals surface area (Å²) in [4.78, 5) is 19.2. The topological polar surface area (TPSA) is 121 Å². The fraction of sp³-hybridized carbons (Fsp3) is 0.200. The molecule has 0 saturated carbocycles. The monoisotopic (exact) mass is 569 g/mol. The Bertz CT molecular complexity index is 2010. The van der Waals surface area contributed by atoms with Crippen molar-refractivity contribution in [1.29, 1.82) is 0 Å². The highest BCUT2D eigenvalue weighted by molar-refractivity contribution is 7.90. The van der Waals surface area contributed by atoms with E-state index < -0.39 is 15.7 Å². The van der Waals surface area contributed by atoms with Gasteiger partial charge >= 0.3 is 0 Å². The zero-order valence-corrected chi connectivity index (χ0v) is 23.6. The molecule has 208 valence electrons. The van der Waals surface area contributed by atoms with Crippen LogP contribution in [-0.2, 0) is 22.8 Å². The van der Waals surface area contributed by atoms with Crippen molar-refractivity contribution in [1.82, 2.24) is 35.0 Å². The molecule has 2 N–H and O–H groups in total. The molecule has 5 aromatic heterocycles. The molecule has 9 nitrogen and oxygen atoms in total. The van der Waals surface area contributed by atoms with Gasteiger partial charge in [-0.2, -0.15) is 5.10 Å². The van der Waals surface area contributed by atoms with Crippen LogP contribution in [0.1, 0.15) is 11.1 Å². The molecule has 0 aliphatic carbocycles. The number of halogens is 1. The van der Waals surface area contributed by atoms with Crippen LogP contribution >= 0.6 is 0 Å². The quantitative estimate of drug-likeness (QED) is 0.264. The maximum atomic E-state index is 14.6. The molecule has 11 heteroatoms. The van der Waals surface area contributed by atoms with Gasteiger partial charge in [0.2, 0.25) is 0 Å². The lowest BCUT2D eigenvalue weighted by Gasteiger charge is -2.10. The first-order valence-corrected chi connectivity index (χ1v) is 15.1. The Morgan fingerprint density at radius 1 is 0.902 bits per heavy atom. The number of aromatic amines is 2. The maximum Gasteiger partial charge on any atom is 0.147 e. The summed E-state index contributed by atoms with van der Waals surface area (Å²) in [5.74, 6) is -0.484. The van der Waals surface area contributed by atoms with E-state index in [0.29, 0.717) is 22.3 Å². The van der Waals surface area contributed by atoms with Crippen molar-refractivity contribution in [2.75, 3.05) is 26.1 Å². The van der Waals surface area contributed by atoms with E-state index in [9.17, 15) is 12.8 Å². The van der Waals surface area contributed by atoms with Gasteiger partial charge in [-0.1, -0.05) is 6.07 Å². The summed E-state index contributed by atoms with van der Waals surface area (Å²) < 4.78 is 37.9. The zero-order chi connectivity index (χ0) is 28.7. The molecule has 0 saturated heterocycles. The highest BCUT2D eigenvalue weighted by atomic mass is 32.2. The van der Waals surface area contributed by atoms with Crippen LogP contribution in [-0.4, -0.2) is 69.6 Å². The molecule has 6 aromatic rings. The molecule has 0 aliphatic heterocycles. The number of fused-ring (bicyclic) bond motifs is 2. The Morgan fingerprint density at radius 3 is 2.51 bits per heavy atom. The first-order valence-electron chi connectivity index (χ1n) is 13.0. The molecule has 0 radical (unpaired) electrons. The molecule has 0 aliphatic rings. The Kier molecular flexibility index (Phi) is 6.84. The lowest BCUT2D eigenvalue weighted by Crippen LogP contribution is -2.10. The summed E-state index contributed by atoms with van der Waals surface area (Å²) in [5.41, 5.74) is 8.38. The molecule has 41 heavy (non-hydrogen) atoms. The Morgan fingerprint density at radius 2 is 1.71 bits per heavy atom. The molecule has 5 heterocycles. The van der Waals surface area contributed by atoms with Crippen LogP contribution in [0.5, 0.6) is 0 Å². The highest BCUT2D eigenvalue weighted by Gasteiger charge is 2.17. The minimum Gasteiger partial charge on any atom is -0.352 e. The van der Waals surface area contributed by atoms with Crippen molar-refractivity contribution in [2.45, 2.75) is 13.0 Å². The summed E-state index contributed by atoms with van der Waals surface area (Å²) in [7, 11) is 0.856. The Balaban J connectivity index is 1.40. The van der Waals surface area contributed by atoms with Gasteiger partial charge < -0.3 is 9.88 Å². The zero-order valence-electron chi connectivity index (χ0n) is 22.8. The summed E-state index contributed by atoms with van der Waals surface area (Å²) in [6.45, 7) is 0.774. The van der Waals surface area contributed by atoms with Crippen molar-refractivity contribution in [2.24, 2.45) is 0 Å². The molecule has 0 atom stereocenters. The van der Waals surface area contributed by atoms with Crippen LogP contribution < -0.4 is 0 Å². The molecule has 0 bridgehead atoms. The standard InChI is InChI=1S/C30H28FN7O2S/c1-38(2)17-19-9-21(14-32-13-19)25-4-5-26-29(35-25)30(37-36-26)27-12-23-24(15-33-16-28(23)34-27)20-8-18(10-22(31)11-20)6-7-41(3,39)40/h4-5,8-16,34H,6-7,17H2,1-3H3,(H,36,37). The summed E-state index contributed by atoms with van der Waals surface area (Å²) in [6, 6.07) is 12.6. The van der Waals surface area contributed by atoms with Gasteiger partial charge in [-0.3, -0.25) is 15.1 Å².